The average molecular weight is 401 g/mol. The molecule has 0 bridgehead atoms. The van der Waals surface area contributed by atoms with Gasteiger partial charge in [-0.1, -0.05) is 18.2 Å². The van der Waals surface area contributed by atoms with Crippen molar-refractivity contribution in [1.82, 2.24) is 24.9 Å². The van der Waals surface area contributed by atoms with Crippen molar-refractivity contribution >= 4 is 22.5 Å². The summed E-state index contributed by atoms with van der Waals surface area (Å²) in [7, 11) is 0. The van der Waals surface area contributed by atoms with Crippen LogP contribution in [0, 0.1) is 5.82 Å². The lowest BCUT2D eigenvalue weighted by Gasteiger charge is -2.19. The van der Waals surface area contributed by atoms with Gasteiger partial charge in [0.2, 0.25) is 0 Å². The first-order valence-corrected chi connectivity index (χ1v) is 9.26. The zero-order chi connectivity index (χ0) is 20.7. The maximum atomic E-state index is 14.0. The Labute approximate surface area is 169 Å². The molecule has 3 aromatic heterocycles. The number of aromatic nitrogens is 4. The highest BCUT2D eigenvalue weighted by Gasteiger charge is 2.24. The summed E-state index contributed by atoms with van der Waals surface area (Å²) in [6, 6.07) is 15.5. The predicted octanol–water partition coefficient (Wildman–Crippen LogP) is 3.57. The normalized spacial score (nSPS) is 12.3. The summed E-state index contributed by atoms with van der Waals surface area (Å²) in [5.74, 6) is -1.12. The Morgan fingerprint density at radius 2 is 2.00 bits per heavy atom. The lowest BCUT2D eigenvalue weighted by molar-refractivity contribution is 0.0935. The van der Waals surface area contributed by atoms with E-state index in [4.69, 9.17) is 0 Å². The number of aromatic amines is 1. The van der Waals surface area contributed by atoms with E-state index in [9.17, 15) is 14.3 Å². The Balaban J connectivity index is 1.58. The number of benzene rings is 2. The zero-order valence-corrected chi connectivity index (χ0v) is 15.6. The van der Waals surface area contributed by atoms with Crippen molar-refractivity contribution in [2.45, 2.75) is 6.04 Å². The van der Waals surface area contributed by atoms with Gasteiger partial charge < -0.3 is 15.4 Å². The molecule has 0 aliphatic rings. The average Bonchev–Trinajstić information content (AvgIpc) is 3.39. The van der Waals surface area contributed by atoms with Crippen LogP contribution in [0.2, 0.25) is 0 Å². The van der Waals surface area contributed by atoms with E-state index in [0.29, 0.717) is 11.3 Å². The third kappa shape index (κ3) is 3.14. The summed E-state index contributed by atoms with van der Waals surface area (Å²) in [5, 5.41) is 18.4. The molecule has 5 rings (SSSR count). The van der Waals surface area contributed by atoms with Crippen molar-refractivity contribution in [3.8, 4) is 5.75 Å². The number of carbonyl (C=O) groups is 1. The second kappa shape index (κ2) is 7.00. The minimum atomic E-state index is -0.819. The lowest BCUT2D eigenvalue weighted by Crippen LogP contribution is -2.30. The number of fused-ring (bicyclic) bond motifs is 2. The van der Waals surface area contributed by atoms with E-state index in [0.717, 1.165) is 17.0 Å². The minimum absolute atomic E-state index is 0.127. The number of nitrogens with one attached hydrogen (secondary N) is 2. The van der Waals surface area contributed by atoms with Crippen molar-refractivity contribution in [3.05, 3.63) is 95.8 Å². The SMILES string of the molecule is O=C(NC(c1cc2ccccc2[nH]1)c1cc(F)ccc1O)c1ccc2nccn2n1. The van der Waals surface area contributed by atoms with Gasteiger partial charge in [-0.3, -0.25) is 4.79 Å². The Bertz CT molecular complexity index is 1360. The van der Waals surface area contributed by atoms with Crippen LogP contribution >= 0.6 is 0 Å². The van der Waals surface area contributed by atoms with Crippen LogP contribution in [0.15, 0.2) is 73.1 Å². The molecule has 8 heteroatoms. The number of H-pyrrole nitrogens is 1. The monoisotopic (exact) mass is 401 g/mol. The molecular formula is C22H16FN5O2. The highest BCUT2D eigenvalue weighted by Crippen LogP contribution is 2.31. The van der Waals surface area contributed by atoms with E-state index in [-0.39, 0.29) is 17.0 Å². The minimum Gasteiger partial charge on any atom is -0.508 e. The molecule has 7 nitrogen and oxygen atoms in total. The van der Waals surface area contributed by atoms with Crippen molar-refractivity contribution in [3.63, 3.8) is 0 Å². The van der Waals surface area contributed by atoms with E-state index in [1.807, 2.05) is 30.3 Å². The first kappa shape index (κ1) is 17.9. The standard InChI is InChI=1S/C22H16FN5O2/c23-14-5-7-19(29)15(12-14)21(18-11-13-3-1-2-4-16(13)25-18)26-22(30)17-6-8-20-24-9-10-28(20)27-17/h1-12,21,25,29H,(H,26,30). The van der Waals surface area contributed by atoms with Crippen molar-refractivity contribution in [2.24, 2.45) is 0 Å². The van der Waals surface area contributed by atoms with Gasteiger partial charge in [0, 0.05) is 29.2 Å². The first-order chi connectivity index (χ1) is 14.6. The number of hydrogen-bond acceptors (Lipinski definition) is 4. The smallest absolute Gasteiger partial charge is 0.272 e. The third-order valence-electron chi connectivity index (χ3n) is 4.93. The number of amides is 1. The fourth-order valence-corrected chi connectivity index (χ4v) is 3.47. The van der Waals surface area contributed by atoms with E-state index in [2.05, 4.69) is 20.4 Å². The molecule has 3 heterocycles. The van der Waals surface area contributed by atoms with Gasteiger partial charge in [-0.2, -0.15) is 5.10 Å². The summed E-state index contributed by atoms with van der Waals surface area (Å²) < 4.78 is 15.5. The van der Waals surface area contributed by atoms with Crippen LogP contribution in [0.5, 0.6) is 5.75 Å². The van der Waals surface area contributed by atoms with Gasteiger partial charge in [-0.05, 0) is 47.9 Å². The fourth-order valence-electron chi connectivity index (χ4n) is 3.47. The van der Waals surface area contributed by atoms with Gasteiger partial charge in [0.15, 0.2) is 5.65 Å². The topological polar surface area (TPSA) is 95.3 Å². The number of carbonyl (C=O) groups excluding carboxylic acids is 1. The number of phenolic OH excluding ortho intramolecular Hbond substituents is 1. The zero-order valence-electron chi connectivity index (χ0n) is 15.6. The van der Waals surface area contributed by atoms with Crippen LogP contribution in [-0.4, -0.2) is 30.6 Å². The number of rotatable bonds is 4. The first-order valence-electron chi connectivity index (χ1n) is 9.26. The number of imidazole rings is 1. The van der Waals surface area contributed by atoms with E-state index in [1.54, 1.807) is 24.5 Å². The molecule has 1 amide bonds. The molecule has 148 valence electrons. The summed E-state index contributed by atoms with van der Waals surface area (Å²) in [6.07, 6.45) is 3.22. The second-order valence-corrected chi connectivity index (χ2v) is 6.87. The third-order valence-corrected chi connectivity index (χ3v) is 4.93. The number of nitrogens with zero attached hydrogens (tertiary/aromatic N) is 3. The van der Waals surface area contributed by atoms with Crippen LogP contribution in [0.4, 0.5) is 4.39 Å². The van der Waals surface area contributed by atoms with Crippen molar-refractivity contribution in [2.75, 3.05) is 0 Å². The number of aromatic hydroxyl groups is 1. The van der Waals surface area contributed by atoms with Crippen LogP contribution < -0.4 is 5.32 Å². The highest BCUT2D eigenvalue weighted by molar-refractivity contribution is 5.93. The quantitative estimate of drug-likeness (QED) is 0.429. The largest absolute Gasteiger partial charge is 0.508 e. The summed E-state index contributed by atoms with van der Waals surface area (Å²) >= 11 is 0. The van der Waals surface area contributed by atoms with Crippen LogP contribution in [0.1, 0.15) is 27.8 Å². The number of phenols is 1. The molecule has 3 N–H and O–H groups in total. The fraction of sp³-hybridized carbons (Fsp3) is 0.0455. The van der Waals surface area contributed by atoms with Gasteiger partial charge in [0.05, 0.1) is 6.04 Å². The molecule has 0 fully saturated rings. The van der Waals surface area contributed by atoms with Crippen molar-refractivity contribution in [1.29, 1.82) is 0 Å². The summed E-state index contributed by atoms with van der Waals surface area (Å²) in [4.78, 5) is 20.3. The van der Waals surface area contributed by atoms with Gasteiger partial charge in [0.1, 0.15) is 17.3 Å². The van der Waals surface area contributed by atoms with Gasteiger partial charge in [-0.15, -0.1) is 0 Å². The molecule has 30 heavy (non-hydrogen) atoms. The van der Waals surface area contributed by atoms with Gasteiger partial charge >= 0.3 is 0 Å². The Morgan fingerprint density at radius 3 is 2.87 bits per heavy atom. The van der Waals surface area contributed by atoms with Crippen LogP contribution in [0.3, 0.4) is 0 Å². The van der Waals surface area contributed by atoms with E-state index >= 15 is 0 Å². The molecule has 0 saturated carbocycles. The molecule has 2 aromatic carbocycles. The van der Waals surface area contributed by atoms with Gasteiger partial charge in [-0.25, -0.2) is 13.9 Å². The number of para-hydroxylation sites is 1. The van der Waals surface area contributed by atoms with E-state index in [1.165, 1.54) is 16.6 Å². The maximum absolute atomic E-state index is 14.0. The molecule has 1 unspecified atom stereocenters. The number of halogens is 1. The molecule has 5 aromatic rings. The van der Waals surface area contributed by atoms with Gasteiger partial charge in [0.25, 0.3) is 5.91 Å². The maximum Gasteiger partial charge on any atom is 0.272 e. The molecule has 0 saturated heterocycles. The van der Waals surface area contributed by atoms with Crippen LogP contribution in [-0.2, 0) is 0 Å². The molecule has 0 radical (unpaired) electrons. The second-order valence-electron chi connectivity index (χ2n) is 6.87. The van der Waals surface area contributed by atoms with E-state index < -0.39 is 17.8 Å². The molecule has 1 atom stereocenters. The molecular weight excluding hydrogens is 385 g/mol. The lowest BCUT2D eigenvalue weighted by atomic mass is 10.0. The molecule has 0 aliphatic heterocycles. The summed E-state index contributed by atoms with van der Waals surface area (Å²) in [5.41, 5.74) is 2.48. The van der Waals surface area contributed by atoms with Crippen molar-refractivity contribution < 1.29 is 14.3 Å². The number of hydrogen-bond donors (Lipinski definition) is 3. The van der Waals surface area contributed by atoms with Crippen LogP contribution in [0.25, 0.3) is 16.6 Å². The highest BCUT2D eigenvalue weighted by atomic mass is 19.1. The Hall–Kier alpha value is -4.20. The Kier molecular flexibility index (Phi) is 4.17. The molecule has 0 aliphatic carbocycles. The summed E-state index contributed by atoms with van der Waals surface area (Å²) in [6.45, 7) is 0. The Morgan fingerprint density at radius 1 is 1.13 bits per heavy atom. The molecule has 0 spiro atoms. The predicted molar refractivity (Wildman–Crippen MR) is 109 cm³/mol.